The number of aryl methyl sites for hydroxylation is 2. The number of rotatable bonds is 6. The lowest BCUT2D eigenvalue weighted by Gasteiger charge is -2.15. The molecule has 1 amide bonds. The van der Waals surface area contributed by atoms with Gasteiger partial charge in [0.2, 0.25) is 5.88 Å². The maximum atomic E-state index is 12.6. The van der Waals surface area contributed by atoms with Crippen molar-refractivity contribution in [1.82, 2.24) is 14.8 Å². The maximum absolute atomic E-state index is 12.6. The molecule has 0 saturated heterocycles. The van der Waals surface area contributed by atoms with Gasteiger partial charge in [0.1, 0.15) is 5.75 Å². The van der Waals surface area contributed by atoms with Crippen LogP contribution in [0, 0.1) is 13.8 Å². The van der Waals surface area contributed by atoms with Crippen LogP contribution < -0.4 is 14.8 Å². The first kappa shape index (κ1) is 20.4. The summed E-state index contributed by atoms with van der Waals surface area (Å²) >= 11 is 0. The Hall–Kier alpha value is -3.87. The van der Waals surface area contributed by atoms with E-state index >= 15 is 0 Å². The highest BCUT2D eigenvalue weighted by Gasteiger charge is 2.19. The lowest BCUT2D eigenvalue weighted by atomic mass is 10.1. The Balaban J connectivity index is 1.58. The van der Waals surface area contributed by atoms with Gasteiger partial charge in [-0.15, -0.1) is 0 Å². The number of benzene rings is 2. The first-order valence-electron chi connectivity index (χ1n) is 10.00. The summed E-state index contributed by atoms with van der Waals surface area (Å²) in [5, 5.41) is 8.48. The average molecular weight is 416 g/mol. The van der Waals surface area contributed by atoms with Gasteiger partial charge in [-0.1, -0.05) is 18.2 Å². The molecule has 0 aliphatic heterocycles. The van der Waals surface area contributed by atoms with Crippen molar-refractivity contribution >= 4 is 22.6 Å². The van der Waals surface area contributed by atoms with Crippen LogP contribution in [-0.2, 0) is 4.79 Å². The molecule has 31 heavy (non-hydrogen) atoms. The number of pyridine rings is 1. The summed E-state index contributed by atoms with van der Waals surface area (Å²) < 4.78 is 12.8. The third kappa shape index (κ3) is 4.21. The number of aromatic nitrogens is 3. The van der Waals surface area contributed by atoms with Crippen molar-refractivity contribution in [3.8, 4) is 17.3 Å². The van der Waals surface area contributed by atoms with Crippen LogP contribution in [0.1, 0.15) is 18.2 Å². The molecule has 2 aromatic heterocycles. The van der Waals surface area contributed by atoms with Crippen molar-refractivity contribution in [2.45, 2.75) is 26.9 Å². The maximum Gasteiger partial charge on any atom is 0.265 e. The number of carbonyl (C=O) groups excluding carboxylic acids is 1. The van der Waals surface area contributed by atoms with Crippen LogP contribution in [0.5, 0.6) is 11.6 Å². The fourth-order valence-corrected chi connectivity index (χ4v) is 3.44. The molecule has 0 aliphatic rings. The SMILES string of the molecule is COc1ccc(NC(=O)C(C)Oc2cc(C)c3c(C)nn(-c4ccccc4)c3n2)cc1. The molecule has 0 aliphatic carbocycles. The standard InChI is InChI=1S/C24H24N4O3/c1-15-14-21(31-17(3)24(29)25-18-10-12-20(30-4)13-11-18)26-23-22(15)16(2)27-28(23)19-8-6-5-7-9-19/h5-14,17H,1-4H3,(H,25,29). The molecule has 2 aromatic carbocycles. The zero-order chi connectivity index (χ0) is 22.0. The number of hydrogen-bond donors (Lipinski definition) is 1. The third-order valence-electron chi connectivity index (χ3n) is 5.01. The fraction of sp³-hybridized carbons (Fsp3) is 0.208. The zero-order valence-corrected chi connectivity index (χ0v) is 17.9. The smallest absolute Gasteiger partial charge is 0.265 e. The monoisotopic (exact) mass is 416 g/mol. The minimum Gasteiger partial charge on any atom is -0.497 e. The number of ether oxygens (including phenoxy) is 2. The van der Waals surface area contributed by atoms with E-state index in [-0.39, 0.29) is 5.91 Å². The number of hydrogen-bond acceptors (Lipinski definition) is 5. The molecule has 0 saturated carbocycles. The number of nitrogens with one attached hydrogen (secondary N) is 1. The van der Waals surface area contributed by atoms with Crippen molar-refractivity contribution in [2.75, 3.05) is 12.4 Å². The summed E-state index contributed by atoms with van der Waals surface area (Å²) in [5.74, 6) is 0.831. The molecule has 0 bridgehead atoms. The van der Waals surface area contributed by atoms with Crippen molar-refractivity contribution in [3.63, 3.8) is 0 Å². The first-order valence-corrected chi connectivity index (χ1v) is 10.00. The summed E-state index contributed by atoms with van der Waals surface area (Å²) in [5.41, 5.74) is 4.15. The molecule has 1 N–H and O–H groups in total. The van der Waals surface area contributed by atoms with Gasteiger partial charge in [-0.3, -0.25) is 4.79 Å². The Morgan fingerprint density at radius 3 is 2.45 bits per heavy atom. The summed E-state index contributed by atoms with van der Waals surface area (Å²) in [6.07, 6.45) is -0.736. The number of methoxy groups -OCH3 is 1. The second-order valence-electron chi connectivity index (χ2n) is 7.29. The van der Waals surface area contributed by atoms with Crippen molar-refractivity contribution in [2.24, 2.45) is 0 Å². The summed E-state index contributed by atoms with van der Waals surface area (Å²) in [6.45, 7) is 5.64. The molecule has 7 nitrogen and oxygen atoms in total. The van der Waals surface area contributed by atoms with Gasteiger partial charge in [-0.05, 0) is 62.7 Å². The lowest BCUT2D eigenvalue weighted by molar-refractivity contribution is -0.122. The highest BCUT2D eigenvalue weighted by molar-refractivity contribution is 5.94. The number of para-hydroxylation sites is 1. The molecule has 0 fully saturated rings. The molecule has 158 valence electrons. The van der Waals surface area contributed by atoms with Gasteiger partial charge in [-0.2, -0.15) is 10.1 Å². The van der Waals surface area contributed by atoms with E-state index in [9.17, 15) is 4.79 Å². The van der Waals surface area contributed by atoms with Crippen LogP contribution in [0.15, 0.2) is 60.7 Å². The minimum atomic E-state index is -0.736. The topological polar surface area (TPSA) is 78.3 Å². The Labute approximate surface area is 180 Å². The molecular weight excluding hydrogens is 392 g/mol. The quantitative estimate of drug-likeness (QED) is 0.502. The molecule has 4 rings (SSSR count). The average Bonchev–Trinajstić information content (AvgIpc) is 3.11. The van der Waals surface area contributed by atoms with Gasteiger partial charge in [0.05, 0.1) is 18.5 Å². The Bertz CT molecular complexity index is 1220. The van der Waals surface area contributed by atoms with Gasteiger partial charge in [0.25, 0.3) is 5.91 Å². The van der Waals surface area contributed by atoms with E-state index < -0.39 is 6.10 Å². The van der Waals surface area contributed by atoms with Crippen molar-refractivity contribution in [3.05, 3.63) is 71.9 Å². The van der Waals surface area contributed by atoms with Gasteiger partial charge < -0.3 is 14.8 Å². The molecule has 7 heteroatoms. The van der Waals surface area contributed by atoms with Gasteiger partial charge >= 0.3 is 0 Å². The van der Waals surface area contributed by atoms with Gasteiger partial charge in [-0.25, -0.2) is 4.68 Å². The Kier molecular flexibility index (Phi) is 5.58. The highest BCUT2D eigenvalue weighted by atomic mass is 16.5. The van der Waals surface area contributed by atoms with Crippen molar-refractivity contribution < 1.29 is 14.3 Å². The van der Waals surface area contributed by atoms with Crippen LogP contribution in [0.4, 0.5) is 5.69 Å². The Morgan fingerprint density at radius 2 is 1.77 bits per heavy atom. The molecular formula is C24H24N4O3. The third-order valence-corrected chi connectivity index (χ3v) is 5.01. The van der Waals surface area contributed by atoms with E-state index in [2.05, 4.69) is 15.4 Å². The van der Waals surface area contributed by atoms with E-state index in [1.54, 1.807) is 43.0 Å². The molecule has 1 atom stereocenters. The second-order valence-corrected chi connectivity index (χ2v) is 7.29. The summed E-state index contributed by atoms with van der Waals surface area (Å²) in [6, 6.07) is 18.8. The fourth-order valence-electron chi connectivity index (χ4n) is 3.44. The number of amides is 1. The predicted molar refractivity (Wildman–Crippen MR) is 120 cm³/mol. The van der Waals surface area contributed by atoms with Crippen LogP contribution >= 0.6 is 0 Å². The normalized spacial score (nSPS) is 11.9. The highest BCUT2D eigenvalue weighted by Crippen LogP contribution is 2.27. The van der Waals surface area contributed by atoms with Crippen molar-refractivity contribution in [1.29, 1.82) is 0 Å². The molecule has 1 unspecified atom stereocenters. The largest absolute Gasteiger partial charge is 0.497 e. The van der Waals surface area contributed by atoms with Crippen LogP contribution in [0.3, 0.4) is 0 Å². The zero-order valence-electron chi connectivity index (χ0n) is 17.9. The number of carbonyl (C=O) groups is 1. The molecule has 4 aromatic rings. The van der Waals surface area contributed by atoms with Crippen LogP contribution in [-0.4, -0.2) is 33.9 Å². The second kappa shape index (κ2) is 8.47. The summed E-state index contributed by atoms with van der Waals surface area (Å²) in [7, 11) is 1.60. The first-order chi connectivity index (χ1) is 15.0. The van der Waals surface area contributed by atoms with Gasteiger partial charge in [0, 0.05) is 17.1 Å². The number of nitrogens with zero attached hydrogens (tertiary/aromatic N) is 3. The van der Waals surface area contributed by atoms with Crippen LogP contribution in [0.25, 0.3) is 16.7 Å². The van der Waals surface area contributed by atoms with Gasteiger partial charge in [0.15, 0.2) is 11.8 Å². The van der Waals surface area contributed by atoms with E-state index in [1.165, 1.54) is 0 Å². The number of anilines is 1. The molecule has 0 spiro atoms. The minimum absolute atomic E-state index is 0.266. The number of fused-ring (bicyclic) bond motifs is 1. The van der Waals surface area contributed by atoms with E-state index in [4.69, 9.17) is 9.47 Å². The molecule has 2 heterocycles. The molecule has 0 radical (unpaired) electrons. The van der Waals surface area contributed by atoms with E-state index in [1.807, 2.05) is 50.2 Å². The van der Waals surface area contributed by atoms with E-state index in [0.29, 0.717) is 17.2 Å². The lowest BCUT2D eigenvalue weighted by Crippen LogP contribution is -2.30. The van der Waals surface area contributed by atoms with E-state index in [0.717, 1.165) is 28.1 Å². The van der Waals surface area contributed by atoms with Crippen LogP contribution in [0.2, 0.25) is 0 Å². The predicted octanol–water partition coefficient (Wildman–Crippen LogP) is 4.45. The summed E-state index contributed by atoms with van der Waals surface area (Å²) in [4.78, 5) is 17.3. The Morgan fingerprint density at radius 1 is 1.06 bits per heavy atom.